The fourth-order valence-corrected chi connectivity index (χ4v) is 12.4. The minimum absolute atomic E-state index is 0.916. The number of fused-ring (bicyclic) bond motifs is 9. The molecule has 0 saturated carbocycles. The molecule has 4 heteroatoms. The van der Waals surface area contributed by atoms with Crippen LogP contribution in [0.3, 0.4) is 0 Å². The zero-order valence-corrected chi connectivity index (χ0v) is 38.0. The van der Waals surface area contributed by atoms with E-state index in [9.17, 15) is 0 Å². The Hall–Kier alpha value is -7.76. The second kappa shape index (κ2) is 15.5. The third-order valence-electron chi connectivity index (χ3n) is 13.4. The lowest BCUT2D eigenvalue weighted by molar-refractivity contribution is 1.23. The molecule has 0 atom stereocenters. The van der Waals surface area contributed by atoms with Gasteiger partial charge in [0, 0.05) is 84.8 Å². The molecule has 310 valence electrons. The Kier molecular flexibility index (Phi) is 9.06. The Morgan fingerprint density at radius 3 is 1.02 bits per heavy atom. The topological polar surface area (TPSA) is 25.8 Å². The minimum Gasteiger partial charge on any atom is -0.250 e. The molecule has 0 unspecified atom stereocenters. The van der Waals surface area contributed by atoms with Crippen LogP contribution in [0.25, 0.3) is 129 Å². The van der Waals surface area contributed by atoms with Crippen molar-refractivity contribution >= 4 is 84.8 Å². The molecule has 4 aromatic heterocycles. The molecule has 0 aliphatic rings. The van der Waals surface area contributed by atoms with Crippen molar-refractivity contribution in [2.45, 2.75) is 13.8 Å². The summed E-state index contributed by atoms with van der Waals surface area (Å²) in [6.07, 6.45) is 0. The zero-order chi connectivity index (χ0) is 43.9. The summed E-state index contributed by atoms with van der Waals surface area (Å²) in [6, 6.07) is 75.4. The maximum atomic E-state index is 5.50. The van der Waals surface area contributed by atoms with E-state index in [2.05, 4.69) is 220 Å². The molecule has 0 saturated heterocycles. The van der Waals surface area contributed by atoms with Crippen LogP contribution in [0.1, 0.15) is 11.4 Å². The van der Waals surface area contributed by atoms with Crippen LogP contribution in [-0.4, -0.2) is 9.97 Å². The van der Waals surface area contributed by atoms with Crippen molar-refractivity contribution in [2.75, 3.05) is 0 Å². The minimum atomic E-state index is 0.916. The quantitative estimate of drug-likeness (QED) is 0.156. The number of rotatable bonds is 6. The van der Waals surface area contributed by atoms with Crippen molar-refractivity contribution in [1.82, 2.24) is 9.97 Å². The Balaban J connectivity index is 0.952. The molecule has 13 aromatic rings. The number of nitrogens with zero attached hydrogens (tertiary/aromatic N) is 2. The van der Waals surface area contributed by atoms with E-state index in [1.165, 1.54) is 73.7 Å². The van der Waals surface area contributed by atoms with E-state index in [0.29, 0.717) is 0 Å². The zero-order valence-electron chi connectivity index (χ0n) is 36.3. The summed E-state index contributed by atoms with van der Waals surface area (Å²) in [5, 5.41) is 7.44. The van der Waals surface area contributed by atoms with Gasteiger partial charge in [-0.15, -0.1) is 22.7 Å². The Morgan fingerprint density at radius 2 is 0.591 bits per heavy atom. The van der Waals surface area contributed by atoms with Gasteiger partial charge < -0.3 is 0 Å². The van der Waals surface area contributed by atoms with Crippen molar-refractivity contribution in [3.05, 3.63) is 218 Å². The van der Waals surface area contributed by atoms with Gasteiger partial charge in [0.25, 0.3) is 0 Å². The van der Waals surface area contributed by atoms with E-state index < -0.39 is 0 Å². The largest absolute Gasteiger partial charge is 0.250 e. The van der Waals surface area contributed by atoms with Crippen LogP contribution < -0.4 is 0 Å². The third kappa shape index (κ3) is 6.29. The molecule has 0 spiro atoms. The number of pyridine rings is 2. The molecule has 0 aliphatic heterocycles. The summed E-state index contributed by atoms with van der Waals surface area (Å²) in [4.78, 5) is 11.0. The van der Waals surface area contributed by atoms with Crippen LogP contribution in [0.15, 0.2) is 206 Å². The molecule has 4 heterocycles. The molecule has 13 rings (SSSR count). The Labute approximate surface area is 390 Å². The summed E-state index contributed by atoms with van der Waals surface area (Å²) in [6.45, 7) is 4.31. The SMILES string of the molecule is Cc1nc2c(ccc3c(-c4ccccc4)c(-c4ccc(-c5ccc6sc7ccccc7c6c5)cc4)c(C)nc32)c(-c2ccccc2)c1-c1ccc(-c2ccc3sc4ccccc4c3c2)cc1. The third-order valence-corrected chi connectivity index (χ3v) is 15.7. The normalized spacial score (nSPS) is 11.8. The van der Waals surface area contributed by atoms with Crippen LogP contribution in [0.2, 0.25) is 0 Å². The predicted octanol–water partition coefficient (Wildman–Crippen LogP) is 18.1. The number of hydrogen-bond donors (Lipinski definition) is 0. The monoisotopic (exact) mass is 876 g/mol. The predicted molar refractivity (Wildman–Crippen MR) is 285 cm³/mol. The molecular weight excluding hydrogens is 837 g/mol. The van der Waals surface area contributed by atoms with Gasteiger partial charge >= 0.3 is 0 Å². The molecule has 0 radical (unpaired) electrons. The second-order valence-corrected chi connectivity index (χ2v) is 19.4. The molecule has 0 fully saturated rings. The molecular formula is C62H40N2S2. The highest BCUT2D eigenvalue weighted by atomic mass is 32.1. The van der Waals surface area contributed by atoms with E-state index in [1.54, 1.807) is 0 Å². The number of hydrogen-bond acceptors (Lipinski definition) is 4. The average Bonchev–Trinajstić information content (AvgIpc) is 3.94. The Bertz CT molecular complexity index is 3770. The number of aryl methyl sites for hydroxylation is 2. The Morgan fingerprint density at radius 1 is 0.258 bits per heavy atom. The van der Waals surface area contributed by atoms with Gasteiger partial charge in [0.1, 0.15) is 0 Å². The van der Waals surface area contributed by atoms with Crippen molar-refractivity contribution < 1.29 is 0 Å². The van der Waals surface area contributed by atoms with Crippen molar-refractivity contribution in [3.8, 4) is 66.8 Å². The maximum absolute atomic E-state index is 5.50. The summed E-state index contributed by atoms with van der Waals surface area (Å²) in [5.74, 6) is 0. The van der Waals surface area contributed by atoms with Gasteiger partial charge in [-0.1, -0.05) is 170 Å². The summed E-state index contributed by atoms with van der Waals surface area (Å²) < 4.78 is 5.28. The first-order valence-corrected chi connectivity index (χ1v) is 24.1. The molecule has 0 amide bonds. The molecule has 66 heavy (non-hydrogen) atoms. The standard InChI is InChI=1S/C62H40N2S2/c1-37-57(43-25-21-39(22-26-43)45-29-33-55-51(35-45)47-17-9-11-19-53(47)65-55)59(41-13-5-3-6-14-41)49-31-32-50-60(42-15-7-4-8-16-42)58(38(2)64-62(50)61(49)63-37)44-27-23-40(24-28-44)46-30-34-56-52(36-46)48-18-10-12-20-54(48)66-56/h3-36H,1-2H3. The van der Waals surface area contributed by atoms with Crippen LogP contribution in [0.5, 0.6) is 0 Å². The highest BCUT2D eigenvalue weighted by Gasteiger charge is 2.23. The summed E-state index contributed by atoms with van der Waals surface area (Å²) in [7, 11) is 0. The summed E-state index contributed by atoms with van der Waals surface area (Å²) in [5.41, 5.74) is 17.8. The van der Waals surface area contributed by atoms with Gasteiger partial charge in [0.2, 0.25) is 0 Å². The highest BCUT2D eigenvalue weighted by molar-refractivity contribution is 7.26. The van der Waals surface area contributed by atoms with Crippen molar-refractivity contribution in [3.63, 3.8) is 0 Å². The first kappa shape index (κ1) is 38.7. The van der Waals surface area contributed by atoms with Crippen LogP contribution in [0, 0.1) is 13.8 Å². The number of aromatic nitrogens is 2. The van der Waals surface area contributed by atoms with Gasteiger partial charge in [-0.2, -0.15) is 0 Å². The van der Waals surface area contributed by atoms with Gasteiger partial charge in [0.05, 0.1) is 11.0 Å². The highest BCUT2D eigenvalue weighted by Crippen LogP contribution is 2.46. The van der Waals surface area contributed by atoms with E-state index >= 15 is 0 Å². The lowest BCUT2D eigenvalue weighted by atomic mass is 9.86. The van der Waals surface area contributed by atoms with Gasteiger partial charge in [0.15, 0.2) is 0 Å². The lowest BCUT2D eigenvalue weighted by Crippen LogP contribution is -2.00. The van der Waals surface area contributed by atoms with Crippen LogP contribution >= 0.6 is 22.7 Å². The van der Waals surface area contributed by atoms with Gasteiger partial charge in [-0.25, -0.2) is 0 Å². The average molecular weight is 877 g/mol. The lowest BCUT2D eigenvalue weighted by Gasteiger charge is -2.20. The maximum Gasteiger partial charge on any atom is 0.0974 e. The fraction of sp³-hybridized carbons (Fsp3) is 0.0323. The molecule has 0 bridgehead atoms. The van der Waals surface area contributed by atoms with Crippen molar-refractivity contribution in [1.29, 1.82) is 0 Å². The number of thiophene rings is 2. The van der Waals surface area contributed by atoms with Crippen molar-refractivity contribution in [2.24, 2.45) is 0 Å². The second-order valence-electron chi connectivity index (χ2n) is 17.3. The smallest absolute Gasteiger partial charge is 0.0974 e. The van der Waals surface area contributed by atoms with Gasteiger partial charge in [-0.3, -0.25) is 9.97 Å². The molecule has 0 N–H and O–H groups in total. The molecule has 2 nitrogen and oxygen atoms in total. The fourth-order valence-electron chi connectivity index (χ4n) is 10.3. The van der Waals surface area contributed by atoms with Crippen LogP contribution in [0.4, 0.5) is 0 Å². The van der Waals surface area contributed by atoms with Gasteiger partial charge in [-0.05, 0) is 94.8 Å². The van der Waals surface area contributed by atoms with E-state index in [-0.39, 0.29) is 0 Å². The summed E-state index contributed by atoms with van der Waals surface area (Å²) >= 11 is 3.71. The molecule has 9 aromatic carbocycles. The van der Waals surface area contributed by atoms with E-state index in [0.717, 1.165) is 66.6 Å². The molecule has 0 aliphatic carbocycles. The number of benzene rings is 9. The van der Waals surface area contributed by atoms with E-state index in [1.807, 2.05) is 22.7 Å². The van der Waals surface area contributed by atoms with Crippen LogP contribution in [-0.2, 0) is 0 Å². The first-order valence-electron chi connectivity index (χ1n) is 22.5. The first-order chi connectivity index (χ1) is 32.5. The van der Waals surface area contributed by atoms with E-state index in [4.69, 9.17) is 9.97 Å².